The molecule has 12 nitrogen and oxygen atoms in total. The van der Waals surface area contributed by atoms with E-state index in [0.29, 0.717) is 10.7 Å². The van der Waals surface area contributed by atoms with Crippen LogP contribution in [0.4, 0.5) is 5.69 Å². The lowest BCUT2D eigenvalue weighted by Gasteiger charge is -2.15. The molecule has 0 aliphatic carbocycles. The van der Waals surface area contributed by atoms with Crippen LogP contribution in [0.5, 0.6) is 17.4 Å². The Bertz CT molecular complexity index is 1500. The summed E-state index contributed by atoms with van der Waals surface area (Å²) in [6.07, 6.45) is -0.197. The third kappa shape index (κ3) is 5.53. The van der Waals surface area contributed by atoms with Gasteiger partial charge in [0.1, 0.15) is 16.9 Å². The van der Waals surface area contributed by atoms with E-state index in [2.05, 4.69) is 20.6 Å². The number of nitrogens with zero attached hydrogens (tertiary/aromatic N) is 1. The number of carbonyl (C=O) groups excluding carboxylic acids is 2. The van der Waals surface area contributed by atoms with Gasteiger partial charge in [-0.3, -0.25) is 24.4 Å². The van der Waals surface area contributed by atoms with Crippen LogP contribution in [-0.2, 0) is 9.59 Å². The highest BCUT2D eigenvalue weighted by molar-refractivity contribution is 8.15. The van der Waals surface area contributed by atoms with Crippen LogP contribution >= 0.6 is 23.4 Å². The van der Waals surface area contributed by atoms with E-state index in [1.54, 1.807) is 24.3 Å². The van der Waals surface area contributed by atoms with Crippen LogP contribution in [0.2, 0.25) is 5.02 Å². The maximum absolute atomic E-state index is 12.5. The van der Waals surface area contributed by atoms with E-state index in [0.717, 1.165) is 23.9 Å². The van der Waals surface area contributed by atoms with E-state index < -0.39 is 51.7 Å². The largest absolute Gasteiger partial charge is 0.504 e. The Balaban J connectivity index is 1.62. The molecule has 1 saturated heterocycles. The van der Waals surface area contributed by atoms with Crippen LogP contribution in [0.15, 0.2) is 57.0 Å². The average molecular weight is 532 g/mol. The molecule has 7 N–H and O–H groups in total. The summed E-state index contributed by atoms with van der Waals surface area (Å²) >= 11 is 6.84. The summed E-state index contributed by atoms with van der Waals surface area (Å²) in [5, 5.41) is 34.6. The number of amides is 2. The molecule has 2 atom stereocenters. The molecule has 0 bridgehead atoms. The minimum absolute atomic E-state index is 0.0307. The molecular formula is C22H18ClN5O7S. The van der Waals surface area contributed by atoms with Gasteiger partial charge < -0.3 is 26.0 Å². The van der Waals surface area contributed by atoms with Gasteiger partial charge in [-0.25, -0.2) is 9.79 Å². The van der Waals surface area contributed by atoms with Crippen molar-refractivity contribution in [2.24, 2.45) is 4.99 Å². The van der Waals surface area contributed by atoms with Crippen molar-refractivity contribution in [2.45, 2.75) is 17.7 Å². The minimum atomic E-state index is -1.31. The van der Waals surface area contributed by atoms with E-state index in [-0.39, 0.29) is 22.7 Å². The first kappa shape index (κ1) is 24.9. The smallest absolute Gasteiger partial charge is 0.328 e. The lowest BCUT2D eigenvalue weighted by molar-refractivity contribution is -0.122. The van der Waals surface area contributed by atoms with Crippen LogP contribution < -0.4 is 21.9 Å². The van der Waals surface area contributed by atoms with Gasteiger partial charge in [-0.2, -0.15) is 0 Å². The number of phenolic OH excluding ortho intramolecular Hbond substituents is 2. The third-order valence-corrected chi connectivity index (χ3v) is 6.38. The molecule has 1 aliphatic rings. The van der Waals surface area contributed by atoms with Crippen molar-refractivity contribution in [3.8, 4) is 17.4 Å². The summed E-state index contributed by atoms with van der Waals surface area (Å²) < 4.78 is 0. The molecule has 0 saturated carbocycles. The number of nitrogens with one attached hydrogen (secondary N) is 4. The number of hydrogen-bond acceptors (Lipinski definition) is 9. The summed E-state index contributed by atoms with van der Waals surface area (Å²) in [5.41, 5.74) is -1.66. The zero-order valence-corrected chi connectivity index (χ0v) is 19.7. The maximum atomic E-state index is 12.5. The molecule has 2 unspecified atom stereocenters. The normalized spacial score (nSPS) is 17.1. The highest BCUT2D eigenvalue weighted by Crippen LogP contribution is 2.35. The van der Waals surface area contributed by atoms with Gasteiger partial charge in [0.2, 0.25) is 17.7 Å². The summed E-state index contributed by atoms with van der Waals surface area (Å²) in [4.78, 5) is 57.4. The Labute approximate surface area is 211 Å². The van der Waals surface area contributed by atoms with Gasteiger partial charge in [-0.1, -0.05) is 35.5 Å². The Hall–Kier alpha value is -4.23. The number of aromatic amines is 2. The van der Waals surface area contributed by atoms with Gasteiger partial charge in [0, 0.05) is 17.1 Å². The average Bonchev–Trinajstić information content (AvgIpc) is 3.12. The standard InChI is InChI=1S/C22H18ClN5O7S/c23-10-2-1-3-11(7-10)24-15(31)8-14-18(32)28-22(36-14)25-17(9-4-5-12(29)13(30)6-9)16-19(33)26-21(35)27-20(16)34/h1-7,14,17,29-30H,8H2,(H,24,31)(H,25,28,32)(H3,26,27,33,34,35). The zero-order valence-electron chi connectivity index (χ0n) is 18.1. The maximum Gasteiger partial charge on any atom is 0.328 e. The molecule has 186 valence electrons. The van der Waals surface area contributed by atoms with Crippen molar-refractivity contribution in [1.29, 1.82) is 0 Å². The Morgan fingerprint density at radius 1 is 1.08 bits per heavy atom. The fraction of sp³-hybridized carbons (Fsp3) is 0.136. The van der Waals surface area contributed by atoms with Crippen molar-refractivity contribution in [3.63, 3.8) is 0 Å². The number of rotatable bonds is 6. The van der Waals surface area contributed by atoms with Gasteiger partial charge in [-0.15, -0.1) is 0 Å². The SMILES string of the molecule is O=C(CC1SC(=NC(c2ccc(O)c(O)c2)c2c(O)[nH]c(=O)[nH]c2=O)NC1=O)Nc1cccc(Cl)c1. The first-order chi connectivity index (χ1) is 17.1. The van der Waals surface area contributed by atoms with E-state index in [1.165, 1.54) is 6.07 Å². The summed E-state index contributed by atoms with van der Waals surface area (Å²) in [7, 11) is 0. The number of aromatic hydroxyl groups is 3. The van der Waals surface area contributed by atoms with Gasteiger partial charge in [0.05, 0.1) is 0 Å². The number of carbonyl (C=O) groups is 2. The second kappa shape index (κ2) is 10.2. The highest BCUT2D eigenvalue weighted by atomic mass is 35.5. The van der Waals surface area contributed by atoms with Crippen molar-refractivity contribution in [3.05, 3.63) is 79.5 Å². The quantitative estimate of drug-likeness (QED) is 0.232. The number of benzene rings is 2. The number of hydrogen-bond donors (Lipinski definition) is 7. The van der Waals surface area contributed by atoms with E-state index >= 15 is 0 Å². The molecule has 1 aliphatic heterocycles. The first-order valence-electron chi connectivity index (χ1n) is 10.3. The summed E-state index contributed by atoms with van der Waals surface area (Å²) in [5.74, 6) is -2.67. The number of H-pyrrole nitrogens is 2. The minimum Gasteiger partial charge on any atom is -0.504 e. The van der Waals surface area contributed by atoms with Crippen molar-refractivity contribution < 1.29 is 24.9 Å². The lowest BCUT2D eigenvalue weighted by Crippen LogP contribution is -2.29. The number of aromatic nitrogens is 2. The van der Waals surface area contributed by atoms with Crippen molar-refractivity contribution >= 4 is 46.0 Å². The number of thioether (sulfide) groups is 1. The fourth-order valence-corrected chi connectivity index (χ4v) is 4.60. The Kier molecular flexibility index (Phi) is 7.03. The highest BCUT2D eigenvalue weighted by Gasteiger charge is 2.34. The zero-order chi connectivity index (χ0) is 26.0. The molecular weight excluding hydrogens is 514 g/mol. The van der Waals surface area contributed by atoms with Crippen LogP contribution in [0.3, 0.4) is 0 Å². The molecule has 14 heteroatoms. The second-order valence-corrected chi connectivity index (χ2v) is 9.24. The topological polar surface area (TPSA) is 197 Å². The lowest BCUT2D eigenvalue weighted by atomic mass is 10.0. The monoisotopic (exact) mass is 531 g/mol. The van der Waals surface area contributed by atoms with Gasteiger partial charge in [0.25, 0.3) is 5.56 Å². The fourth-order valence-electron chi connectivity index (χ4n) is 3.42. The number of amidine groups is 1. The number of phenols is 2. The van der Waals surface area contributed by atoms with Gasteiger partial charge in [-0.05, 0) is 35.9 Å². The molecule has 2 aromatic carbocycles. The number of aliphatic imine (C=N–C) groups is 1. The van der Waals surface area contributed by atoms with Gasteiger partial charge in [0.15, 0.2) is 16.7 Å². The molecule has 1 aromatic heterocycles. The first-order valence-corrected chi connectivity index (χ1v) is 11.5. The molecule has 3 aromatic rings. The number of anilines is 1. The van der Waals surface area contributed by atoms with Crippen LogP contribution in [0.1, 0.15) is 23.6 Å². The van der Waals surface area contributed by atoms with E-state index in [4.69, 9.17) is 11.6 Å². The summed E-state index contributed by atoms with van der Waals surface area (Å²) in [6, 6.07) is 8.81. The van der Waals surface area contributed by atoms with E-state index in [1.807, 2.05) is 4.98 Å². The van der Waals surface area contributed by atoms with Gasteiger partial charge >= 0.3 is 5.69 Å². The Morgan fingerprint density at radius 2 is 1.86 bits per heavy atom. The molecule has 4 rings (SSSR count). The summed E-state index contributed by atoms with van der Waals surface area (Å²) in [6.45, 7) is 0. The van der Waals surface area contributed by atoms with Crippen LogP contribution in [0.25, 0.3) is 0 Å². The predicted octanol–water partition coefficient (Wildman–Crippen LogP) is 1.54. The molecule has 0 spiro atoms. The van der Waals surface area contributed by atoms with Crippen molar-refractivity contribution in [1.82, 2.24) is 15.3 Å². The molecule has 1 fully saturated rings. The van der Waals surface area contributed by atoms with E-state index in [9.17, 15) is 34.5 Å². The van der Waals surface area contributed by atoms with Crippen molar-refractivity contribution in [2.75, 3.05) is 5.32 Å². The molecule has 2 amide bonds. The Morgan fingerprint density at radius 3 is 2.56 bits per heavy atom. The van der Waals surface area contributed by atoms with Crippen LogP contribution in [0, 0.1) is 0 Å². The molecule has 0 radical (unpaired) electrons. The third-order valence-electron chi connectivity index (χ3n) is 5.05. The number of halogens is 1. The molecule has 2 heterocycles. The second-order valence-electron chi connectivity index (χ2n) is 7.61. The molecule has 36 heavy (non-hydrogen) atoms. The predicted molar refractivity (Wildman–Crippen MR) is 133 cm³/mol. The van der Waals surface area contributed by atoms with Crippen LogP contribution in [-0.4, -0.2) is 47.5 Å².